The molecule has 1 aliphatic heterocycles. The molecule has 1 aromatic rings. The van der Waals surface area contributed by atoms with Gasteiger partial charge in [0.15, 0.2) is 0 Å². The topological polar surface area (TPSA) is 77.8 Å². The summed E-state index contributed by atoms with van der Waals surface area (Å²) in [5, 5.41) is 19.3. The highest BCUT2D eigenvalue weighted by Gasteiger charge is 2.41. The maximum absolute atomic E-state index is 12.6. The van der Waals surface area contributed by atoms with Gasteiger partial charge in [0.1, 0.15) is 5.92 Å². The van der Waals surface area contributed by atoms with Crippen molar-refractivity contribution in [3.8, 4) is 0 Å². The highest BCUT2D eigenvalue weighted by atomic mass is 79.9. The van der Waals surface area contributed by atoms with E-state index in [0.717, 1.165) is 10.0 Å². The highest BCUT2D eigenvalue weighted by molar-refractivity contribution is 9.10. The van der Waals surface area contributed by atoms with E-state index in [0.29, 0.717) is 6.42 Å². The molecule has 5 nitrogen and oxygen atoms in total. The number of likely N-dealkylation sites (tertiary alicyclic amines) is 1. The van der Waals surface area contributed by atoms with Crippen LogP contribution in [0.4, 0.5) is 0 Å². The molecule has 120 valence electrons. The van der Waals surface area contributed by atoms with Crippen LogP contribution in [-0.4, -0.2) is 39.6 Å². The summed E-state index contributed by atoms with van der Waals surface area (Å²) >= 11 is 3.36. The number of amides is 1. The molecular formula is C16H20BrNO4. The maximum Gasteiger partial charge on any atom is 0.316 e. The van der Waals surface area contributed by atoms with E-state index in [4.69, 9.17) is 0 Å². The second kappa shape index (κ2) is 6.79. The van der Waals surface area contributed by atoms with Gasteiger partial charge in [-0.3, -0.25) is 9.59 Å². The largest absolute Gasteiger partial charge is 0.481 e. The zero-order chi connectivity index (χ0) is 16.4. The molecule has 3 atom stereocenters. The van der Waals surface area contributed by atoms with Gasteiger partial charge >= 0.3 is 5.97 Å². The average Bonchev–Trinajstić information content (AvgIpc) is 2.80. The number of rotatable bonds is 4. The number of β-amino-alcohol motifs (C(OH)–C–C–N with tert-alkyl or cyclic N) is 1. The molecule has 1 heterocycles. The molecule has 6 heteroatoms. The molecule has 1 aromatic carbocycles. The molecule has 0 bridgehead atoms. The predicted molar refractivity (Wildman–Crippen MR) is 85.2 cm³/mol. The first-order chi connectivity index (χ1) is 10.3. The van der Waals surface area contributed by atoms with Gasteiger partial charge in [-0.15, -0.1) is 0 Å². The molecule has 0 saturated carbocycles. The molecule has 2 N–H and O–H groups in total. The summed E-state index contributed by atoms with van der Waals surface area (Å²) in [6, 6.07) is 7.24. The zero-order valence-corrected chi connectivity index (χ0v) is 14.2. The lowest BCUT2D eigenvalue weighted by atomic mass is 9.93. The number of aliphatic hydroxyl groups is 1. The Balaban J connectivity index is 2.29. The summed E-state index contributed by atoms with van der Waals surface area (Å²) in [5.41, 5.74) is 0.904. The molecule has 0 aliphatic carbocycles. The molecule has 0 radical (unpaired) electrons. The van der Waals surface area contributed by atoms with Gasteiger partial charge in [-0.25, -0.2) is 0 Å². The van der Waals surface area contributed by atoms with Gasteiger partial charge in [-0.05, 0) is 30.0 Å². The lowest BCUT2D eigenvalue weighted by molar-refractivity contribution is -0.153. The number of aliphatic hydroxyl groups excluding tert-OH is 1. The van der Waals surface area contributed by atoms with Crippen molar-refractivity contribution in [2.45, 2.75) is 32.4 Å². The Kier molecular flexibility index (Phi) is 5.24. The van der Waals surface area contributed by atoms with E-state index in [1.54, 1.807) is 13.8 Å². The predicted octanol–water partition coefficient (Wildman–Crippen LogP) is 2.44. The number of carbonyl (C=O) groups excluding carboxylic acids is 1. The van der Waals surface area contributed by atoms with Crippen molar-refractivity contribution in [1.29, 1.82) is 0 Å². The number of nitrogens with zero attached hydrogens (tertiary/aromatic N) is 1. The van der Waals surface area contributed by atoms with Crippen molar-refractivity contribution < 1.29 is 19.8 Å². The van der Waals surface area contributed by atoms with E-state index in [1.807, 2.05) is 24.3 Å². The normalized spacial score (nSPS) is 22.9. The maximum atomic E-state index is 12.6. The summed E-state index contributed by atoms with van der Waals surface area (Å²) < 4.78 is 0.929. The Morgan fingerprint density at radius 1 is 1.27 bits per heavy atom. The number of carboxylic acid groups (broad SMARTS) is 1. The zero-order valence-electron chi connectivity index (χ0n) is 12.6. The number of carboxylic acids is 1. The summed E-state index contributed by atoms with van der Waals surface area (Å²) in [7, 11) is 0. The number of carbonyl (C=O) groups is 2. The van der Waals surface area contributed by atoms with E-state index in [1.165, 1.54) is 4.90 Å². The number of aliphatic carboxylic acids is 1. The van der Waals surface area contributed by atoms with Crippen molar-refractivity contribution in [2.75, 3.05) is 6.54 Å². The number of hydrogen-bond acceptors (Lipinski definition) is 3. The third-order valence-electron chi connectivity index (χ3n) is 4.02. The van der Waals surface area contributed by atoms with E-state index >= 15 is 0 Å². The van der Waals surface area contributed by atoms with Crippen molar-refractivity contribution >= 4 is 27.8 Å². The van der Waals surface area contributed by atoms with Gasteiger partial charge in [-0.1, -0.05) is 41.9 Å². The smallest absolute Gasteiger partial charge is 0.316 e. The van der Waals surface area contributed by atoms with Crippen LogP contribution in [0.3, 0.4) is 0 Å². The molecule has 3 unspecified atom stereocenters. The highest BCUT2D eigenvalue weighted by Crippen LogP contribution is 2.34. The number of benzene rings is 1. The molecule has 2 rings (SSSR count). The fourth-order valence-electron chi connectivity index (χ4n) is 2.91. The SMILES string of the molecule is CC(C)C(C(=O)O)C(=O)N1CC(O)CC1c1ccc(Br)cc1. The third kappa shape index (κ3) is 3.50. The lowest BCUT2D eigenvalue weighted by Crippen LogP contribution is -2.42. The molecule has 1 saturated heterocycles. The molecule has 0 spiro atoms. The Labute approximate surface area is 138 Å². The standard InChI is InChI=1S/C16H20BrNO4/c1-9(2)14(16(21)22)15(20)18-8-12(19)7-13(18)10-3-5-11(17)6-4-10/h3-6,9,12-14,19H,7-8H2,1-2H3,(H,21,22). The first-order valence-electron chi connectivity index (χ1n) is 7.28. The van der Waals surface area contributed by atoms with Crippen LogP contribution < -0.4 is 0 Å². The van der Waals surface area contributed by atoms with Crippen LogP contribution in [0.15, 0.2) is 28.7 Å². The minimum absolute atomic E-state index is 0.177. The summed E-state index contributed by atoms with van der Waals surface area (Å²) in [4.78, 5) is 25.5. The molecule has 1 amide bonds. The summed E-state index contributed by atoms with van der Waals surface area (Å²) in [5.74, 6) is -2.92. The van der Waals surface area contributed by atoms with Crippen LogP contribution >= 0.6 is 15.9 Å². The van der Waals surface area contributed by atoms with Crippen molar-refractivity contribution in [2.24, 2.45) is 11.8 Å². The van der Waals surface area contributed by atoms with Crippen LogP contribution in [0, 0.1) is 11.8 Å². The summed E-state index contributed by atoms with van der Waals surface area (Å²) in [6.45, 7) is 3.62. The van der Waals surface area contributed by atoms with Crippen LogP contribution in [-0.2, 0) is 9.59 Å². The van der Waals surface area contributed by atoms with Crippen LogP contribution in [0.25, 0.3) is 0 Å². The fraction of sp³-hybridized carbons (Fsp3) is 0.500. The monoisotopic (exact) mass is 369 g/mol. The first kappa shape index (κ1) is 17.0. The minimum atomic E-state index is -1.11. The van der Waals surface area contributed by atoms with E-state index in [9.17, 15) is 19.8 Å². The van der Waals surface area contributed by atoms with Gasteiger partial charge in [0.25, 0.3) is 0 Å². The Morgan fingerprint density at radius 2 is 1.86 bits per heavy atom. The van der Waals surface area contributed by atoms with Crippen LogP contribution in [0.5, 0.6) is 0 Å². The second-order valence-electron chi connectivity index (χ2n) is 6.01. The number of hydrogen-bond donors (Lipinski definition) is 2. The van der Waals surface area contributed by atoms with E-state index in [-0.39, 0.29) is 18.5 Å². The lowest BCUT2D eigenvalue weighted by Gasteiger charge is -2.28. The van der Waals surface area contributed by atoms with E-state index in [2.05, 4.69) is 15.9 Å². The first-order valence-corrected chi connectivity index (χ1v) is 8.07. The summed E-state index contributed by atoms with van der Waals surface area (Å²) in [6.07, 6.45) is -0.197. The Bertz CT molecular complexity index is 558. The third-order valence-corrected chi connectivity index (χ3v) is 4.54. The van der Waals surface area contributed by atoms with Gasteiger partial charge in [0.2, 0.25) is 5.91 Å². The average molecular weight is 370 g/mol. The number of halogens is 1. The van der Waals surface area contributed by atoms with Gasteiger partial charge in [0, 0.05) is 11.0 Å². The molecule has 0 aromatic heterocycles. The van der Waals surface area contributed by atoms with Gasteiger partial charge in [0.05, 0.1) is 12.1 Å². The Hall–Kier alpha value is -1.40. The molecule has 1 aliphatic rings. The Morgan fingerprint density at radius 3 is 2.36 bits per heavy atom. The van der Waals surface area contributed by atoms with Crippen molar-refractivity contribution in [1.82, 2.24) is 4.90 Å². The van der Waals surface area contributed by atoms with E-state index < -0.39 is 23.9 Å². The molecular weight excluding hydrogens is 350 g/mol. The second-order valence-corrected chi connectivity index (χ2v) is 6.92. The minimum Gasteiger partial charge on any atom is -0.481 e. The van der Waals surface area contributed by atoms with Gasteiger partial charge in [-0.2, -0.15) is 0 Å². The molecule has 1 fully saturated rings. The quantitative estimate of drug-likeness (QED) is 0.799. The van der Waals surface area contributed by atoms with Crippen LogP contribution in [0.2, 0.25) is 0 Å². The van der Waals surface area contributed by atoms with Crippen molar-refractivity contribution in [3.63, 3.8) is 0 Å². The molecule has 22 heavy (non-hydrogen) atoms. The van der Waals surface area contributed by atoms with Gasteiger partial charge < -0.3 is 15.1 Å². The fourth-order valence-corrected chi connectivity index (χ4v) is 3.18. The van der Waals surface area contributed by atoms with Crippen molar-refractivity contribution in [3.05, 3.63) is 34.3 Å². The van der Waals surface area contributed by atoms with Crippen LogP contribution in [0.1, 0.15) is 31.9 Å².